The third kappa shape index (κ3) is 3.51. The Morgan fingerprint density at radius 3 is 2.85 bits per heavy atom. The van der Waals surface area contributed by atoms with Gasteiger partial charge in [-0.2, -0.15) is 0 Å². The predicted octanol–water partition coefficient (Wildman–Crippen LogP) is 3.55. The number of rotatable bonds is 3. The Labute approximate surface area is 82.2 Å². The van der Waals surface area contributed by atoms with Crippen LogP contribution in [0.5, 0.6) is 0 Å². The van der Waals surface area contributed by atoms with Crippen molar-refractivity contribution in [3.63, 3.8) is 0 Å². The van der Waals surface area contributed by atoms with Gasteiger partial charge in [0.2, 0.25) is 0 Å². The number of hydrogen-bond donors (Lipinski definition) is 0. The molecule has 0 bridgehead atoms. The van der Waals surface area contributed by atoms with Crippen molar-refractivity contribution in [2.75, 3.05) is 7.11 Å². The van der Waals surface area contributed by atoms with Gasteiger partial charge in [0, 0.05) is 7.11 Å². The van der Waals surface area contributed by atoms with Crippen LogP contribution in [0.3, 0.4) is 0 Å². The third-order valence-electron chi connectivity index (χ3n) is 3.08. The van der Waals surface area contributed by atoms with E-state index in [1.165, 1.54) is 37.7 Å². The van der Waals surface area contributed by atoms with E-state index in [-0.39, 0.29) is 0 Å². The maximum Gasteiger partial charge on any atom is 0.0577 e. The van der Waals surface area contributed by atoms with Gasteiger partial charge in [-0.15, -0.1) is 0 Å². The van der Waals surface area contributed by atoms with E-state index >= 15 is 0 Å². The first-order valence-corrected chi connectivity index (χ1v) is 5.46. The van der Waals surface area contributed by atoms with Crippen molar-refractivity contribution < 1.29 is 4.74 Å². The quantitative estimate of drug-likeness (QED) is 0.606. The van der Waals surface area contributed by atoms with Crippen LogP contribution >= 0.6 is 0 Å². The SMILES string of the molecule is CC/C(C)=C/C1CCC[C@H](OC)C1. The van der Waals surface area contributed by atoms with Crippen LogP contribution in [0.1, 0.15) is 46.0 Å². The fourth-order valence-electron chi connectivity index (χ4n) is 2.07. The summed E-state index contributed by atoms with van der Waals surface area (Å²) >= 11 is 0. The zero-order valence-electron chi connectivity index (χ0n) is 9.18. The molecule has 1 aliphatic rings. The van der Waals surface area contributed by atoms with Crippen LogP contribution in [0, 0.1) is 5.92 Å². The second kappa shape index (κ2) is 5.43. The Balaban J connectivity index is 2.42. The van der Waals surface area contributed by atoms with Crippen LogP contribution in [0.4, 0.5) is 0 Å². The minimum absolute atomic E-state index is 0.514. The van der Waals surface area contributed by atoms with E-state index in [1.54, 1.807) is 0 Å². The van der Waals surface area contributed by atoms with E-state index in [4.69, 9.17) is 4.74 Å². The summed E-state index contributed by atoms with van der Waals surface area (Å²) in [5.74, 6) is 0.777. The van der Waals surface area contributed by atoms with Gasteiger partial charge in [-0.3, -0.25) is 0 Å². The molecule has 0 spiro atoms. The molecule has 0 aromatic carbocycles. The Morgan fingerprint density at radius 2 is 2.23 bits per heavy atom. The molecule has 0 aromatic heterocycles. The Morgan fingerprint density at radius 1 is 1.46 bits per heavy atom. The maximum atomic E-state index is 5.41. The first-order chi connectivity index (χ1) is 6.26. The van der Waals surface area contributed by atoms with Crippen LogP contribution in [0.25, 0.3) is 0 Å². The highest BCUT2D eigenvalue weighted by Crippen LogP contribution is 2.27. The fraction of sp³-hybridized carbons (Fsp3) is 0.833. The van der Waals surface area contributed by atoms with Crippen LogP contribution < -0.4 is 0 Å². The van der Waals surface area contributed by atoms with E-state index in [1.807, 2.05) is 7.11 Å². The number of allylic oxidation sites excluding steroid dienone is 2. The summed E-state index contributed by atoms with van der Waals surface area (Å²) in [4.78, 5) is 0. The van der Waals surface area contributed by atoms with E-state index < -0.39 is 0 Å². The first kappa shape index (κ1) is 10.8. The van der Waals surface area contributed by atoms with Gasteiger partial charge in [0.25, 0.3) is 0 Å². The van der Waals surface area contributed by atoms with Crippen molar-refractivity contribution in [1.29, 1.82) is 0 Å². The van der Waals surface area contributed by atoms with Crippen molar-refractivity contribution in [3.05, 3.63) is 11.6 Å². The van der Waals surface area contributed by atoms with Gasteiger partial charge in [0.05, 0.1) is 6.10 Å². The number of hydrogen-bond acceptors (Lipinski definition) is 1. The fourth-order valence-corrected chi connectivity index (χ4v) is 2.07. The molecule has 0 aliphatic heterocycles. The van der Waals surface area contributed by atoms with Crippen LogP contribution in [-0.4, -0.2) is 13.2 Å². The molecule has 1 unspecified atom stereocenters. The lowest BCUT2D eigenvalue weighted by Crippen LogP contribution is -2.20. The average Bonchev–Trinajstić information content (AvgIpc) is 2.18. The molecule has 1 rings (SSSR count). The summed E-state index contributed by atoms with van der Waals surface area (Å²) in [6, 6.07) is 0. The molecule has 0 N–H and O–H groups in total. The van der Waals surface area contributed by atoms with Crippen LogP contribution in [0.15, 0.2) is 11.6 Å². The average molecular weight is 182 g/mol. The Bertz CT molecular complexity index is 172. The molecular formula is C12H22O. The molecular weight excluding hydrogens is 160 g/mol. The summed E-state index contributed by atoms with van der Waals surface area (Å²) < 4.78 is 5.41. The first-order valence-electron chi connectivity index (χ1n) is 5.46. The summed E-state index contributed by atoms with van der Waals surface area (Å²) in [6.07, 6.45) is 9.33. The molecule has 2 atom stereocenters. The minimum Gasteiger partial charge on any atom is -0.381 e. The van der Waals surface area contributed by atoms with Crippen LogP contribution in [0.2, 0.25) is 0 Å². The lowest BCUT2D eigenvalue weighted by atomic mass is 9.86. The van der Waals surface area contributed by atoms with Crippen molar-refractivity contribution in [1.82, 2.24) is 0 Å². The van der Waals surface area contributed by atoms with Crippen molar-refractivity contribution in [2.45, 2.75) is 52.1 Å². The number of methoxy groups -OCH3 is 1. The van der Waals surface area contributed by atoms with Gasteiger partial charge in [0.1, 0.15) is 0 Å². The molecule has 1 fully saturated rings. The van der Waals surface area contributed by atoms with Crippen molar-refractivity contribution >= 4 is 0 Å². The molecule has 0 aromatic rings. The largest absolute Gasteiger partial charge is 0.381 e. The smallest absolute Gasteiger partial charge is 0.0577 e. The highest BCUT2D eigenvalue weighted by molar-refractivity contribution is 5.01. The zero-order chi connectivity index (χ0) is 9.68. The van der Waals surface area contributed by atoms with E-state index in [9.17, 15) is 0 Å². The third-order valence-corrected chi connectivity index (χ3v) is 3.08. The van der Waals surface area contributed by atoms with Gasteiger partial charge in [0.15, 0.2) is 0 Å². The van der Waals surface area contributed by atoms with Gasteiger partial charge in [-0.05, 0) is 38.5 Å². The second-order valence-electron chi connectivity index (χ2n) is 4.15. The molecule has 13 heavy (non-hydrogen) atoms. The number of ether oxygens (including phenoxy) is 1. The Hall–Kier alpha value is -0.300. The van der Waals surface area contributed by atoms with Gasteiger partial charge in [-0.25, -0.2) is 0 Å². The second-order valence-corrected chi connectivity index (χ2v) is 4.15. The minimum atomic E-state index is 0.514. The Kier molecular flexibility index (Phi) is 4.51. The molecule has 0 radical (unpaired) electrons. The van der Waals surface area contributed by atoms with Gasteiger partial charge in [-0.1, -0.05) is 25.0 Å². The summed E-state index contributed by atoms with van der Waals surface area (Å²) in [7, 11) is 1.84. The lowest BCUT2D eigenvalue weighted by Gasteiger charge is -2.26. The molecule has 0 saturated heterocycles. The lowest BCUT2D eigenvalue weighted by molar-refractivity contribution is 0.0588. The maximum absolute atomic E-state index is 5.41. The molecule has 0 amide bonds. The molecule has 0 heterocycles. The summed E-state index contributed by atoms with van der Waals surface area (Å²) in [5.41, 5.74) is 1.53. The van der Waals surface area contributed by atoms with Gasteiger partial charge < -0.3 is 4.74 Å². The topological polar surface area (TPSA) is 9.23 Å². The summed E-state index contributed by atoms with van der Waals surface area (Å²) in [6.45, 7) is 4.46. The highest BCUT2D eigenvalue weighted by Gasteiger charge is 2.19. The normalized spacial score (nSPS) is 30.5. The van der Waals surface area contributed by atoms with E-state index in [0.717, 1.165) is 5.92 Å². The zero-order valence-corrected chi connectivity index (χ0v) is 9.18. The van der Waals surface area contributed by atoms with E-state index in [2.05, 4.69) is 19.9 Å². The molecule has 1 saturated carbocycles. The standard InChI is InChI=1S/C12H22O/c1-4-10(2)8-11-6-5-7-12(9-11)13-3/h8,11-12H,4-7,9H2,1-3H3/b10-8+/t11?,12-/m0/s1. The van der Waals surface area contributed by atoms with Gasteiger partial charge >= 0.3 is 0 Å². The van der Waals surface area contributed by atoms with Crippen molar-refractivity contribution in [3.8, 4) is 0 Å². The highest BCUT2D eigenvalue weighted by atomic mass is 16.5. The van der Waals surface area contributed by atoms with Crippen molar-refractivity contribution in [2.24, 2.45) is 5.92 Å². The van der Waals surface area contributed by atoms with E-state index in [0.29, 0.717) is 6.10 Å². The molecule has 1 aliphatic carbocycles. The van der Waals surface area contributed by atoms with Crippen LogP contribution in [-0.2, 0) is 4.74 Å². The molecule has 1 heteroatoms. The summed E-state index contributed by atoms with van der Waals surface area (Å²) in [5, 5.41) is 0. The molecule has 1 nitrogen and oxygen atoms in total. The monoisotopic (exact) mass is 182 g/mol. The predicted molar refractivity (Wildman–Crippen MR) is 56.8 cm³/mol. The molecule has 76 valence electrons.